The van der Waals surface area contributed by atoms with E-state index in [4.69, 9.17) is 9.47 Å². The zero-order valence-electron chi connectivity index (χ0n) is 7.63. The largest absolute Gasteiger partial charge is 1.00 e. The average molecular weight is 193 g/mol. The van der Waals surface area contributed by atoms with E-state index in [1.807, 2.05) is 6.07 Å². The van der Waals surface area contributed by atoms with Crippen LogP contribution >= 0.6 is 9.90 Å². The van der Waals surface area contributed by atoms with Crippen LogP contribution in [0.5, 0.6) is 11.5 Å². The molecule has 0 amide bonds. The van der Waals surface area contributed by atoms with Crippen molar-refractivity contribution < 1.29 is 39.0 Å². The zero-order chi connectivity index (χ0) is 7.40. The molecule has 12 heavy (non-hydrogen) atoms. The Bertz CT molecular complexity index is 199. The molecule has 0 heterocycles. The smallest absolute Gasteiger partial charge is 0.577 e. The van der Waals surface area contributed by atoms with Crippen molar-refractivity contribution >= 4 is 9.90 Å². The molecule has 0 aliphatic carbocycles. The summed E-state index contributed by atoms with van der Waals surface area (Å²) in [6.45, 7) is 0. The van der Waals surface area contributed by atoms with Crippen molar-refractivity contribution in [3.05, 3.63) is 24.3 Å². The maximum Gasteiger partial charge on any atom is 1.00 e. The van der Waals surface area contributed by atoms with E-state index in [9.17, 15) is 0 Å². The Balaban J connectivity index is 0. The monoisotopic (exact) mass is 193 g/mol. The van der Waals surface area contributed by atoms with Gasteiger partial charge in [0.15, 0.2) is 0 Å². The van der Waals surface area contributed by atoms with Crippen molar-refractivity contribution in [1.29, 1.82) is 0 Å². The zero-order valence-corrected chi connectivity index (χ0v) is 10.8. The van der Waals surface area contributed by atoms with Crippen LogP contribution in [0.3, 0.4) is 0 Å². The molecule has 1 radical (unpaired) electrons. The van der Waals surface area contributed by atoms with Crippen LogP contribution in [0.1, 0.15) is 0 Å². The van der Waals surface area contributed by atoms with Gasteiger partial charge in [0.25, 0.3) is 0 Å². The fourth-order valence-electron chi connectivity index (χ4n) is 0.670. The molecular formula is C8H11NaO2P. The third kappa shape index (κ3) is 4.32. The summed E-state index contributed by atoms with van der Waals surface area (Å²) in [4.78, 5) is 0. The Hall–Kier alpha value is 0.250. The van der Waals surface area contributed by atoms with Crippen LogP contribution in [0.2, 0.25) is 0 Å². The molecule has 0 bridgehead atoms. The number of ether oxygens (including phenoxy) is 2. The first-order chi connectivity index (χ1) is 4.86. The van der Waals surface area contributed by atoms with Gasteiger partial charge in [-0.2, -0.15) is 0 Å². The Morgan fingerprint density at radius 1 is 1.25 bits per heavy atom. The van der Waals surface area contributed by atoms with E-state index in [-0.39, 0.29) is 39.5 Å². The molecule has 1 aromatic carbocycles. The van der Waals surface area contributed by atoms with Crippen molar-refractivity contribution in [2.24, 2.45) is 0 Å². The molecule has 2 nitrogen and oxygen atoms in total. The summed E-state index contributed by atoms with van der Waals surface area (Å²) >= 11 is 0. The summed E-state index contributed by atoms with van der Waals surface area (Å²) in [7, 11) is 3.22. The van der Waals surface area contributed by atoms with E-state index in [1.54, 1.807) is 26.4 Å². The summed E-state index contributed by atoms with van der Waals surface area (Å²) in [6.07, 6.45) is 0. The van der Waals surface area contributed by atoms with Gasteiger partial charge in [0, 0.05) is 12.1 Å². The summed E-state index contributed by atoms with van der Waals surface area (Å²) < 4.78 is 9.88. The predicted molar refractivity (Wildman–Crippen MR) is 48.1 cm³/mol. The molecule has 0 aliphatic heterocycles. The molecule has 0 aromatic heterocycles. The topological polar surface area (TPSA) is 18.5 Å². The van der Waals surface area contributed by atoms with E-state index in [1.165, 1.54) is 0 Å². The molecule has 61 valence electrons. The predicted octanol–water partition coefficient (Wildman–Crippen LogP) is -1.17. The number of hydrogen-bond donors (Lipinski definition) is 0. The first-order valence-corrected chi connectivity index (χ1v) is 2.96. The van der Waals surface area contributed by atoms with Crippen LogP contribution in [0.4, 0.5) is 0 Å². The number of rotatable bonds is 2. The molecule has 0 saturated heterocycles. The second kappa shape index (κ2) is 7.88. The van der Waals surface area contributed by atoms with Crippen molar-refractivity contribution in [3.63, 3.8) is 0 Å². The fraction of sp³-hybridized carbons (Fsp3) is 0.250. The molecule has 0 N–H and O–H groups in total. The Kier molecular flexibility index (Phi) is 9.69. The molecule has 0 fully saturated rings. The molecule has 0 atom stereocenters. The standard InChI is InChI=1S/C8H9O2.Na.H2P/c1-9-7-4-3-5-8(6-7)10-2;;/h3-4,6H,1-2H3;;1H2/q;+1;-1. The van der Waals surface area contributed by atoms with Gasteiger partial charge in [-0.15, -0.1) is 0 Å². The second-order valence-corrected chi connectivity index (χ2v) is 1.80. The summed E-state index contributed by atoms with van der Waals surface area (Å²) in [6, 6.07) is 8.25. The molecule has 1 rings (SSSR count). The molecule has 0 aliphatic rings. The average Bonchev–Trinajstić information content (AvgIpc) is 2.05. The van der Waals surface area contributed by atoms with Crippen LogP contribution in [-0.2, 0) is 0 Å². The number of methoxy groups -OCH3 is 2. The van der Waals surface area contributed by atoms with E-state index in [0.29, 0.717) is 5.75 Å². The van der Waals surface area contributed by atoms with Crippen LogP contribution in [0, 0.1) is 6.07 Å². The second-order valence-electron chi connectivity index (χ2n) is 1.80. The Morgan fingerprint density at radius 3 is 2.42 bits per heavy atom. The number of benzene rings is 1. The van der Waals surface area contributed by atoms with Gasteiger partial charge >= 0.3 is 29.6 Å². The van der Waals surface area contributed by atoms with E-state index < -0.39 is 0 Å². The number of hydrogen-bond acceptors (Lipinski definition) is 2. The SMILES string of the molecule is COc1[c]ccc(OC)c1.[Na+].[PH2-]. The van der Waals surface area contributed by atoms with Gasteiger partial charge in [0.1, 0.15) is 11.5 Å². The van der Waals surface area contributed by atoms with Gasteiger partial charge < -0.3 is 19.4 Å². The summed E-state index contributed by atoms with van der Waals surface area (Å²) in [5.74, 6) is 1.48. The molecule has 0 saturated carbocycles. The first kappa shape index (κ1) is 14.8. The summed E-state index contributed by atoms with van der Waals surface area (Å²) in [5.41, 5.74) is 0. The normalized spacial score (nSPS) is 7.50. The molecule has 0 spiro atoms. The molecule has 0 unspecified atom stereocenters. The van der Waals surface area contributed by atoms with Gasteiger partial charge in [0.2, 0.25) is 0 Å². The van der Waals surface area contributed by atoms with Gasteiger partial charge in [0.05, 0.1) is 14.2 Å². The van der Waals surface area contributed by atoms with Crippen LogP contribution in [0.15, 0.2) is 18.2 Å². The maximum atomic E-state index is 4.96. The Labute approximate surface area is 98.6 Å². The van der Waals surface area contributed by atoms with Crippen molar-refractivity contribution in [2.45, 2.75) is 0 Å². The van der Waals surface area contributed by atoms with Crippen molar-refractivity contribution in [3.8, 4) is 11.5 Å². The van der Waals surface area contributed by atoms with Gasteiger partial charge in [-0.3, -0.25) is 0 Å². The minimum atomic E-state index is 0. The molecular weight excluding hydrogens is 182 g/mol. The third-order valence-corrected chi connectivity index (χ3v) is 1.20. The van der Waals surface area contributed by atoms with Gasteiger partial charge in [-0.25, -0.2) is 0 Å². The maximum absolute atomic E-state index is 4.96. The van der Waals surface area contributed by atoms with E-state index in [2.05, 4.69) is 6.07 Å². The molecule has 1 aromatic rings. The van der Waals surface area contributed by atoms with Crippen molar-refractivity contribution in [1.82, 2.24) is 0 Å². The van der Waals surface area contributed by atoms with E-state index >= 15 is 0 Å². The quantitative estimate of drug-likeness (QED) is 0.435. The minimum Gasteiger partial charge on any atom is -0.577 e. The summed E-state index contributed by atoms with van der Waals surface area (Å²) in [5, 5.41) is 0. The third-order valence-electron chi connectivity index (χ3n) is 1.20. The van der Waals surface area contributed by atoms with Crippen molar-refractivity contribution in [2.75, 3.05) is 14.2 Å². The molecule has 4 heteroatoms. The minimum absolute atomic E-state index is 0. The van der Waals surface area contributed by atoms with Crippen LogP contribution in [0.25, 0.3) is 0 Å². The van der Waals surface area contributed by atoms with Crippen LogP contribution in [-0.4, -0.2) is 14.2 Å². The van der Waals surface area contributed by atoms with Gasteiger partial charge in [-0.05, 0) is 12.1 Å². The van der Waals surface area contributed by atoms with Crippen LogP contribution < -0.4 is 39.0 Å². The first-order valence-electron chi connectivity index (χ1n) is 2.96. The van der Waals surface area contributed by atoms with Gasteiger partial charge in [-0.1, -0.05) is 0 Å². The Morgan fingerprint density at radius 2 is 1.92 bits per heavy atom. The fourth-order valence-corrected chi connectivity index (χ4v) is 0.670. The van der Waals surface area contributed by atoms with E-state index in [0.717, 1.165) is 5.75 Å².